The summed E-state index contributed by atoms with van der Waals surface area (Å²) in [4.78, 5) is 1.41. The van der Waals surface area contributed by atoms with Crippen molar-refractivity contribution >= 4 is 11.8 Å². The van der Waals surface area contributed by atoms with Crippen LogP contribution in [0.5, 0.6) is 23.0 Å². The normalized spacial score (nSPS) is 19.9. The van der Waals surface area contributed by atoms with Gasteiger partial charge in [0.25, 0.3) is 0 Å². The van der Waals surface area contributed by atoms with Gasteiger partial charge in [0.05, 0.1) is 19.2 Å². The highest BCUT2D eigenvalue weighted by Gasteiger charge is 2.34. The average molecular weight is 324 g/mol. The van der Waals surface area contributed by atoms with Crippen molar-refractivity contribution in [2.45, 2.75) is 13.0 Å². The van der Waals surface area contributed by atoms with Crippen LogP contribution < -0.4 is 19.1 Å². The molecule has 0 aromatic heterocycles. The Balaban J connectivity index is 1.68. The molecule has 5 heteroatoms. The molecule has 0 bridgehead atoms. The third-order valence-corrected chi connectivity index (χ3v) is 5.14. The Bertz CT molecular complexity index is 887. The summed E-state index contributed by atoms with van der Waals surface area (Å²) in [5.41, 5.74) is 5.98. The standard InChI is InChI=1S/C19H17NO4/c1-22-18-8-13-12(7-16(18)21)4-5-20-9-14-11(6-15(13)20)2-3-17-19(14)24-10-23-17/h2-3,6-8,21H,4-5,9-10H2,1H3/p+1. The van der Waals surface area contributed by atoms with Crippen LogP contribution in [-0.2, 0) is 13.0 Å². The van der Waals surface area contributed by atoms with Gasteiger partial charge in [-0.15, -0.1) is 0 Å². The van der Waals surface area contributed by atoms with Crippen molar-refractivity contribution in [1.29, 1.82) is 0 Å². The highest BCUT2D eigenvalue weighted by Crippen LogP contribution is 2.41. The fourth-order valence-corrected chi connectivity index (χ4v) is 3.94. The molecule has 0 fully saturated rings. The number of hydrogen-bond acceptors (Lipinski definition) is 4. The summed E-state index contributed by atoms with van der Waals surface area (Å²) in [6.07, 6.45) is 3.16. The number of nitrogens with one attached hydrogen (secondary N) is 1. The zero-order valence-electron chi connectivity index (χ0n) is 13.4. The second-order valence-corrected chi connectivity index (χ2v) is 6.39. The number of hydrogen-bond donors (Lipinski definition) is 2. The highest BCUT2D eigenvalue weighted by atomic mass is 16.7. The third-order valence-electron chi connectivity index (χ3n) is 5.14. The first kappa shape index (κ1) is 13.7. The summed E-state index contributed by atoms with van der Waals surface area (Å²) >= 11 is 0. The van der Waals surface area contributed by atoms with E-state index in [0.717, 1.165) is 36.6 Å². The fourth-order valence-electron chi connectivity index (χ4n) is 3.94. The van der Waals surface area contributed by atoms with Crippen molar-refractivity contribution in [3.8, 4) is 23.0 Å². The van der Waals surface area contributed by atoms with Gasteiger partial charge in [0.1, 0.15) is 12.2 Å². The molecule has 3 aliphatic heterocycles. The number of quaternary nitrogens is 1. The molecular weight excluding hydrogens is 306 g/mol. The molecule has 0 radical (unpaired) electrons. The van der Waals surface area contributed by atoms with Crippen molar-refractivity contribution in [2.75, 3.05) is 20.4 Å². The second-order valence-electron chi connectivity index (χ2n) is 6.39. The maximum Gasteiger partial charge on any atom is 0.231 e. The van der Waals surface area contributed by atoms with E-state index in [-0.39, 0.29) is 5.75 Å². The number of methoxy groups -OCH3 is 1. The van der Waals surface area contributed by atoms with E-state index in [9.17, 15) is 5.11 Å². The molecule has 122 valence electrons. The minimum absolute atomic E-state index is 0.208. The Labute approximate surface area is 139 Å². The lowest BCUT2D eigenvalue weighted by Crippen LogP contribution is -3.09. The molecule has 0 saturated carbocycles. The van der Waals surface area contributed by atoms with Crippen molar-refractivity contribution in [2.24, 2.45) is 0 Å². The number of phenols is 1. The molecule has 0 saturated heterocycles. The summed E-state index contributed by atoms with van der Waals surface area (Å²) in [6, 6.07) is 7.86. The Hall–Kier alpha value is -2.66. The van der Waals surface area contributed by atoms with E-state index in [1.54, 1.807) is 7.11 Å². The van der Waals surface area contributed by atoms with Crippen LogP contribution >= 0.6 is 0 Å². The zero-order chi connectivity index (χ0) is 16.3. The molecule has 0 spiro atoms. The SMILES string of the molecule is COc1cc2c(cc1O)CC[NH+]1Cc3c(ccc4c3OCO4)C=C21. The van der Waals surface area contributed by atoms with E-state index in [4.69, 9.17) is 14.2 Å². The fraction of sp³-hybridized carbons (Fsp3) is 0.263. The van der Waals surface area contributed by atoms with E-state index in [2.05, 4.69) is 12.1 Å². The number of aromatic hydroxyl groups is 1. The molecular formula is C19H18NO4+. The van der Waals surface area contributed by atoms with Crippen molar-refractivity contribution in [1.82, 2.24) is 0 Å². The maximum atomic E-state index is 10.0. The number of benzene rings is 2. The van der Waals surface area contributed by atoms with Gasteiger partial charge in [-0.3, -0.25) is 4.90 Å². The zero-order valence-corrected chi connectivity index (χ0v) is 13.4. The van der Waals surface area contributed by atoms with Crippen molar-refractivity contribution in [3.63, 3.8) is 0 Å². The molecule has 24 heavy (non-hydrogen) atoms. The van der Waals surface area contributed by atoms with Crippen LogP contribution in [0.2, 0.25) is 0 Å². The van der Waals surface area contributed by atoms with Gasteiger partial charge < -0.3 is 19.3 Å². The third kappa shape index (κ3) is 1.85. The summed E-state index contributed by atoms with van der Waals surface area (Å²) < 4.78 is 16.5. The molecule has 0 aliphatic carbocycles. The summed E-state index contributed by atoms with van der Waals surface area (Å²) in [5.74, 6) is 2.46. The van der Waals surface area contributed by atoms with Gasteiger partial charge in [-0.1, -0.05) is 6.07 Å². The van der Waals surface area contributed by atoms with Crippen LogP contribution in [0, 0.1) is 0 Å². The molecule has 5 nitrogen and oxygen atoms in total. The second kappa shape index (κ2) is 4.92. The molecule has 1 atom stereocenters. The average Bonchev–Trinajstić information content (AvgIpc) is 3.08. The lowest BCUT2D eigenvalue weighted by Gasteiger charge is -2.32. The quantitative estimate of drug-likeness (QED) is 0.836. The first-order chi connectivity index (χ1) is 11.7. The summed E-state index contributed by atoms with van der Waals surface area (Å²) in [7, 11) is 1.58. The molecule has 2 N–H and O–H groups in total. The van der Waals surface area contributed by atoms with Crippen LogP contribution in [0.15, 0.2) is 24.3 Å². The lowest BCUT2D eigenvalue weighted by molar-refractivity contribution is -0.841. The van der Waals surface area contributed by atoms with Crippen LogP contribution in [0.25, 0.3) is 11.8 Å². The summed E-state index contributed by atoms with van der Waals surface area (Å²) in [6.45, 7) is 2.18. The van der Waals surface area contributed by atoms with Gasteiger partial charge in [-0.05, 0) is 29.3 Å². The van der Waals surface area contributed by atoms with Gasteiger partial charge in [0, 0.05) is 18.1 Å². The van der Waals surface area contributed by atoms with Crippen LogP contribution in [0.1, 0.15) is 22.3 Å². The Kier molecular flexibility index (Phi) is 2.82. The Morgan fingerprint density at radius 1 is 1.21 bits per heavy atom. The number of rotatable bonds is 1. The van der Waals surface area contributed by atoms with Gasteiger partial charge in [0.15, 0.2) is 23.0 Å². The minimum atomic E-state index is 0.208. The van der Waals surface area contributed by atoms with Crippen LogP contribution in [-0.4, -0.2) is 25.6 Å². The first-order valence-electron chi connectivity index (χ1n) is 8.13. The molecule has 3 aliphatic rings. The molecule has 2 aromatic rings. The van der Waals surface area contributed by atoms with Gasteiger partial charge in [0.2, 0.25) is 6.79 Å². The molecule has 2 aromatic carbocycles. The van der Waals surface area contributed by atoms with Crippen LogP contribution in [0.4, 0.5) is 0 Å². The first-order valence-corrected chi connectivity index (χ1v) is 8.13. The summed E-state index contributed by atoms with van der Waals surface area (Å²) in [5, 5.41) is 10.0. The predicted octanol–water partition coefficient (Wildman–Crippen LogP) is 1.58. The largest absolute Gasteiger partial charge is 0.504 e. The van der Waals surface area contributed by atoms with E-state index >= 15 is 0 Å². The number of ether oxygens (including phenoxy) is 3. The highest BCUT2D eigenvalue weighted by molar-refractivity contribution is 5.83. The van der Waals surface area contributed by atoms with E-state index in [1.807, 2.05) is 18.2 Å². The molecule has 1 unspecified atom stereocenters. The van der Waals surface area contributed by atoms with Crippen molar-refractivity contribution < 1.29 is 24.2 Å². The topological polar surface area (TPSA) is 52.4 Å². The van der Waals surface area contributed by atoms with Gasteiger partial charge in [-0.2, -0.15) is 0 Å². The Morgan fingerprint density at radius 3 is 3.00 bits per heavy atom. The van der Waals surface area contributed by atoms with Crippen LogP contribution in [0.3, 0.4) is 0 Å². The van der Waals surface area contributed by atoms with E-state index in [1.165, 1.54) is 27.3 Å². The lowest BCUT2D eigenvalue weighted by atomic mass is 9.90. The Morgan fingerprint density at radius 2 is 2.12 bits per heavy atom. The van der Waals surface area contributed by atoms with Gasteiger partial charge in [-0.25, -0.2) is 0 Å². The predicted molar refractivity (Wildman–Crippen MR) is 88.3 cm³/mol. The number of phenolic OH excluding ortho intramolecular Hbond substituents is 1. The monoisotopic (exact) mass is 324 g/mol. The van der Waals surface area contributed by atoms with Gasteiger partial charge >= 0.3 is 0 Å². The van der Waals surface area contributed by atoms with Crippen molar-refractivity contribution in [3.05, 3.63) is 46.5 Å². The minimum Gasteiger partial charge on any atom is -0.504 e. The molecule has 5 rings (SSSR count). The number of fused-ring (bicyclic) bond motifs is 6. The van der Waals surface area contributed by atoms with E-state index in [0.29, 0.717) is 12.5 Å². The molecule has 0 amide bonds. The van der Waals surface area contributed by atoms with E-state index < -0.39 is 0 Å². The molecule has 3 heterocycles. The smallest absolute Gasteiger partial charge is 0.231 e. The maximum absolute atomic E-state index is 10.0.